The third kappa shape index (κ3) is 7.40. The van der Waals surface area contributed by atoms with Gasteiger partial charge in [0, 0.05) is 38.8 Å². The minimum atomic E-state index is 0.0867. The summed E-state index contributed by atoms with van der Waals surface area (Å²) in [5.74, 6) is 2.46. The van der Waals surface area contributed by atoms with Crippen LogP contribution in [0.3, 0.4) is 0 Å². The van der Waals surface area contributed by atoms with Crippen LogP contribution < -0.4 is 20.1 Å². The van der Waals surface area contributed by atoms with Crippen LogP contribution in [-0.4, -0.2) is 80.7 Å². The van der Waals surface area contributed by atoms with E-state index in [9.17, 15) is 4.79 Å². The summed E-state index contributed by atoms with van der Waals surface area (Å²) in [5.41, 5.74) is 1.07. The van der Waals surface area contributed by atoms with E-state index in [2.05, 4.69) is 27.4 Å². The molecule has 1 aliphatic rings. The number of guanidine groups is 1. The maximum Gasteiger partial charge on any atom is 0.234 e. The molecule has 8 nitrogen and oxygen atoms in total. The maximum absolute atomic E-state index is 12.0. The van der Waals surface area contributed by atoms with Crippen LogP contribution in [0.1, 0.15) is 33.3 Å². The van der Waals surface area contributed by atoms with Gasteiger partial charge in [-0.2, -0.15) is 0 Å². The van der Waals surface area contributed by atoms with Gasteiger partial charge in [-0.1, -0.05) is 6.07 Å². The highest BCUT2D eigenvalue weighted by Crippen LogP contribution is 2.28. The molecule has 1 aromatic carbocycles. The Morgan fingerprint density at radius 2 is 1.90 bits per heavy atom. The van der Waals surface area contributed by atoms with Gasteiger partial charge in [-0.25, -0.2) is 4.99 Å². The van der Waals surface area contributed by atoms with E-state index in [-0.39, 0.29) is 11.9 Å². The molecule has 1 heterocycles. The standard InChI is InChI=1S/C22H37N5O3/c1-6-23-22(24-15-18-8-9-19(29-5)20(14-18)30-7-2)27-12-10-26(11-13-27)16-21(28)25-17(3)4/h8-9,14,17H,6-7,10-13,15-16H2,1-5H3,(H,23,24)(H,25,28). The van der Waals surface area contributed by atoms with Gasteiger partial charge in [0.05, 0.1) is 26.8 Å². The summed E-state index contributed by atoms with van der Waals surface area (Å²) in [6.07, 6.45) is 0. The molecule has 2 N–H and O–H groups in total. The van der Waals surface area contributed by atoms with Crippen LogP contribution in [0.15, 0.2) is 23.2 Å². The van der Waals surface area contributed by atoms with Crippen molar-refractivity contribution >= 4 is 11.9 Å². The molecule has 0 aliphatic carbocycles. The van der Waals surface area contributed by atoms with Gasteiger partial charge in [-0.15, -0.1) is 0 Å². The molecule has 1 amide bonds. The van der Waals surface area contributed by atoms with Gasteiger partial charge in [-0.05, 0) is 45.4 Å². The maximum atomic E-state index is 12.0. The number of nitrogens with zero attached hydrogens (tertiary/aromatic N) is 3. The number of ether oxygens (including phenoxy) is 2. The molecule has 0 atom stereocenters. The predicted octanol–water partition coefficient (Wildman–Crippen LogP) is 1.70. The SMILES string of the molecule is CCNC(=NCc1ccc(OC)c(OCC)c1)N1CCN(CC(=O)NC(C)C)CC1. The van der Waals surface area contributed by atoms with E-state index in [0.29, 0.717) is 19.7 Å². The number of hydrogen-bond donors (Lipinski definition) is 2. The molecule has 0 unspecified atom stereocenters. The van der Waals surface area contributed by atoms with Gasteiger partial charge in [0.1, 0.15) is 0 Å². The summed E-state index contributed by atoms with van der Waals surface area (Å²) in [7, 11) is 1.64. The zero-order chi connectivity index (χ0) is 21.9. The lowest BCUT2D eigenvalue weighted by Crippen LogP contribution is -2.54. The third-order valence-corrected chi connectivity index (χ3v) is 4.76. The zero-order valence-electron chi connectivity index (χ0n) is 19.0. The minimum Gasteiger partial charge on any atom is -0.493 e. The second-order valence-corrected chi connectivity index (χ2v) is 7.57. The summed E-state index contributed by atoms with van der Waals surface area (Å²) in [5, 5.41) is 6.34. The highest BCUT2D eigenvalue weighted by molar-refractivity contribution is 5.80. The fourth-order valence-electron chi connectivity index (χ4n) is 3.37. The molecule has 1 aliphatic heterocycles. The number of aliphatic imine (C=N–C) groups is 1. The van der Waals surface area contributed by atoms with Crippen LogP contribution in [-0.2, 0) is 11.3 Å². The number of nitrogens with one attached hydrogen (secondary N) is 2. The van der Waals surface area contributed by atoms with Crippen LogP contribution >= 0.6 is 0 Å². The van der Waals surface area contributed by atoms with Crippen molar-refractivity contribution in [3.05, 3.63) is 23.8 Å². The molecule has 168 valence electrons. The van der Waals surface area contributed by atoms with E-state index in [1.807, 2.05) is 39.0 Å². The van der Waals surface area contributed by atoms with Crippen molar-refractivity contribution in [3.63, 3.8) is 0 Å². The topological polar surface area (TPSA) is 78.4 Å². The van der Waals surface area contributed by atoms with E-state index in [1.165, 1.54) is 0 Å². The molecule has 0 radical (unpaired) electrons. The fourth-order valence-corrected chi connectivity index (χ4v) is 3.37. The molecule has 1 aromatic rings. The van der Waals surface area contributed by atoms with Gasteiger partial charge in [0.25, 0.3) is 0 Å². The molecule has 0 aromatic heterocycles. The van der Waals surface area contributed by atoms with Crippen molar-refractivity contribution in [2.24, 2.45) is 4.99 Å². The van der Waals surface area contributed by atoms with Gasteiger partial charge in [0.2, 0.25) is 5.91 Å². The number of rotatable bonds is 9. The van der Waals surface area contributed by atoms with Crippen molar-refractivity contribution in [2.45, 2.75) is 40.3 Å². The van der Waals surface area contributed by atoms with Crippen LogP contribution in [0.25, 0.3) is 0 Å². The Bertz CT molecular complexity index is 700. The van der Waals surface area contributed by atoms with Crippen LogP contribution in [0, 0.1) is 0 Å². The van der Waals surface area contributed by atoms with Crippen molar-refractivity contribution < 1.29 is 14.3 Å². The number of carbonyl (C=O) groups excluding carboxylic acids is 1. The molecular formula is C22H37N5O3. The van der Waals surface area contributed by atoms with Gasteiger partial charge >= 0.3 is 0 Å². The predicted molar refractivity (Wildman–Crippen MR) is 120 cm³/mol. The van der Waals surface area contributed by atoms with Crippen molar-refractivity contribution in [3.8, 4) is 11.5 Å². The van der Waals surface area contributed by atoms with E-state index in [4.69, 9.17) is 14.5 Å². The summed E-state index contributed by atoms with van der Waals surface area (Å²) < 4.78 is 11.0. The number of carbonyl (C=O) groups is 1. The third-order valence-electron chi connectivity index (χ3n) is 4.76. The summed E-state index contributed by atoms with van der Waals surface area (Å²) >= 11 is 0. The van der Waals surface area contributed by atoms with E-state index in [0.717, 1.165) is 55.7 Å². The molecule has 0 saturated carbocycles. The average molecular weight is 420 g/mol. The van der Waals surface area contributed by atoms with Crippen LogP contribution in [0.2, 0.25) is 0 Å². The molecule has 30 heavy (non-hydrogen) atoms. The fraction of sp³-hybridized carbons (Fsp3) is 0.636. The first-order chi connectivity index (χ1) is 14.5. The lowest BCUT2D eigenvalue weighted by molar-refractivity contribution is -0.123. The molecule has 0 spiro atoms. The Morgan fingerprint density at radius 1 is 1.17 bits per heavy atom. The number of piperazine rings is 1. The van der Waals surface area contributed by atoms with Gasteiger partial charge < -0.3 is 25.0 Å². The Balaban J connectivity index is 1.97. The lowest BCUT2D eigenvalue weighted by Gasteiger charge is -2.36. The average Bonchev–Trinajstić information content (AvgIpc) is 2.71. The molecule has 1 saturated heterocycles. The zero-order valence-corrected chi connectivity index (χ0v) is 19.0. The summed E-state index contributed by atoms with van der Waals surface area (Å²) in [4.78, 5) is 21.3. The quantitative estimate of drug-likeness (QED) is 0.469. The lowest BCUT2D eigenvalue weighted by atomic mass is 10.2. The minimum absolute atomic E-state index is 0.0867. The van der Waals surface area contributed by atoms with E-state index >= 15 is 0 Å². The highest BCUT2D eigenvalue weighted by atomic mass is 16.5. The Labute approximate surface area is 180 Å². The smallest absolute Gasteiger partial charge is 0.234 e. The monoisotopic (exact) mass is 419 g/mol. The van der Waals surface area contributed by atoms with Crippen LogP contribution in [0.5, 0.6) is 11.5 Å². The summed E-state index contributed by atoms with van der Waals surface area (Å²) in [6.45, 7) is 13.8. The second-order valence-electron chi connectivity index (χ2n) is 7.57. The second kappa shape index (κ2) is 12.3. The van der Waals surface area contributed by atoms with E-state index in [1.54, 1.807) is 7.11 Å². The number of amides is 1. The molecule has 0 bridgehead atoms. The first-order valence-corrected chi connectivity index (χ1v) is 10.8. The molecule has 1 fully saturated rings. The normalized spacial score (nSPS) is 15.3. The van der Waals surface area contributed by atoms with Crippen LogP contribution in [0.4, 0.5) is 0 Å². The largest absolute Gasteiger partial charge is 0.493 e. The Morgan fingerprint density at radius 3 is 2.50 bits per heavy atom. The highest BCUT2D eigenvalue weighted by Gasteiger charge is 2.21. The molecule has 2 rings (SSSR count). The van der Waals surface area contributed by atoms with Crippen molar-refractivity contribution in [1.29, 1.82) is 0 Å². The molecular weight excluding hydrogens is 382 g/mol. The number of hydrogen-bond acceptors (Lipinski definition) is 5. The first-order valence-electron chi connectivity index (χ1n) is 10.8. The Hall–Kier alpha value is -2.48. The molecule has 8 heteroatoms. The van der Waals surface area contributed by atoms with Crippen molar-refractivity contribution in [2.75, 3.05) is 53.0 Å². The van der Waals surface area contributed by atoms with Crippen molar-refractivity contribution in [1.82, 2.24) is 20.4 Å². The van der Waals surface area contributed by atoms with Gasteiger partial charge in [0.15, 0.2) is 17.5 Å². The number of methoxy groups -OCH3 is 1. The van der Waals surface area contributed by atoms with E-state index < -0.39 is 0 Å². The summed E-state index contributed by atoms with van der Waals surface area (Å²) in [6, 6.07) is 6.09. The Kier molecular flexibility index (Phi) is 9.73. The first kappa shape index (κ1) is 23.8. The van der Waals surface area contributed by atoms with Gasteiger partial charge in [-0.3, -0.25) is 9.69 Å². The number of benzene rings is 1.